The number of nitrogens with zero attached hydrogens (tertiary/aromatic N) is 1. The molecule has 3 nitrogen and oxygen atoms in total. The van der Waals surface area contributed by atoms with Gasteiger partial charge in [0.1, 0.15) is 5.75 Å². The first-order chi connectivity index (χ1) is 7.54. The molecule has 0 unspecified atom stereocenters. The van der Waals surface area contributed by atoms with E-state index in [0.717, 1.165) is 16.9 Å². The maximum atomic E-state index is 11.4. The lowest BCUT2D eigenvalue weighted by Gasteiger charge is -2.07. The van der Waals surface area contributed by atoms with Crippen LogP contribution < -0.4 is 4.74 Å². The predicted octanol–water partition coefficient (Wildman–Crippen LogP) is 2.11. The van der Waals surface area contributed by atoms with Gasteiger partial charge in [0.25, 0.3) is 0 Å². The third-order valence-corrected chi connectivity index (χ3v) is 2.23. The van der Waals surface area contributed by atoms with E-state index in [-0.39, 0.29) is 5.91 Å². The van der Waals surface area contributed by atoms with Crippen LogP contribution in [-0.2, 0) is 4.79 Å². The van der Waals surface area contributed by atoms with Crippen LogP contribution >= 0.6 is 0 Å². The van der Waals surface area contributed by atoms with Crippen molar-refractivity contribution < 1.29 is 9.53 Å². The zero-order valence-electron chi connectivity index (χ0n) is 10.2. The number of aryl methyl sites for hydroxylation is 1. The Morgan fingerprint density at radius 2 is 2.06 bits per heavy atom. The number of hydrogen-bond acceptors (Lipinski definition) is 2. The largest absolute Gasteiger partial charge is 0.496 e. The van der Waals surface area contributed by atoms with Crippen molar-refractivity contribution in [2.75, 3.05) is 21.2 Å². The van der Waals surface area contributed by atoms with E-state index in [1.165, 1.54) is 11.0 Å². The minimum absolute atomic E-state index is 0.0384. The van der Waals surface area contributed by atoms with Gasteiger partial charge in [0.05, 0.1) is 7.11 Å². The third-order valence-electron chi connectivity index (χ3n) is 2.23. The molecule has 0 N–H and O–H groups in total. The molecular formula is C13H17NO2. The average molecular weight is 219 g/mol. The fourth-order valence-electron chi connectivity index (χ4n) is 1.29. The van der Waals surface area contributed by atoms with Gasteiger partial charge in [-0.15, -0.1) is 0 Å². The molecule has 0 bridgehead atoms. The topological polar surface area (TPSA) is 29.5 Å². The van der Waals surface area contributed by atoms with Gasteiger partial charge in [-0.3, -0.25) is 4.79 Å². The Balaban J connectivity index is 2.95. The Morgan fingerprint density at radius 1 is 1.38 bits per heavy atom. The Morgan fingerprint density at radius 3 is 2.62 bits per heavy atom. The fraction of sp³-hybridized carbons (Fsp3) is 0.308. The van der Waals surface area contributed by atoms with E-state index in [1.54, 1.807) is 27.3 Å². The minimum Gasteiger partial charge on any atom is -0.496 e. The Hall–Kier alpha value is -1.77. The number of ether oxygens (including phenoxy) is 1. The molecule has 0 heterocycles. The maximum Gasteiger partial charge on any atom is 0.246 e. The van der Waals surface area contributed by atoms with Crippen LogP contribution in [0.5, 0.6) is 5.75 Å². The highest BCUT2D eigenvalue weighted by molar-refractivity contribution is 5.91. The van der Waals surface area contributed by atoms with Crippen LogP contribution in [0.2, 0.25) is 0 Å². The molecule has 0 spiro atoms. The molecular weight excluding hydrogens is 202 g/mol. The van der Waals surface area contributed by atoms with E-state index in [4.69, 9.17) is 4.74 Å². The quantitative estimate of drug-likeness (QED) is 0.729. The van der Waals surface area contributed by atoms with Crippen LogP contribution in [0, 0.1) is 6.92 Å². The average Bonchev–Trinajstić information content (AvgIpc) is 2.25. The summed E-state index contributed by atoms with van der Waals surface area (Å²) in [4.78, 5) is 12.9. The minimum atomic E-state index is -0.0384. The second-order valence-electron chi connectivity index (χ2n) is 3.81. The van der Waals surface area contributed by atoms with Crippen molar-refractivity contribution >= 4 is 12.0 Å². The van der Waals surface area contributed by atoms with Crippen LogP contribution in [0.3, 0.4) is 0 Å². The highest BCUT2D eigenvalue weighted by Crippen LogP contribution is 2.20. The zero-order chi connectivity index (χ0) is 12.1. The van der Waals surface area contributed by atoms with Gasteiger partial charge in [-0.1, -0.05) is 11.6 Å². The highest BCUT2D eigenvalue weighted by Gasteiger charge is 2.01. The van der Waals surface area contributed by atoms with E-state index in [0.29, 0.717) is 0 Å². The molecule has 1 amide bonds. The van der Waals surface area contributed by atoms with Crippen molar-refractivity contribution in [1.82, 2.24) is 4.90 Å². The first kappa shape index (κ1) is 12.3. The van der Waals surface area contributed by atoms with Crippen LogP contribution in [0.4, 0.5) is 0 Å². The molecule has 3 heteroatoms. The van der Waals surface area contributed by atoms with Crippen LogP contribution in [0.1, 0.15) is 11.1 Å². The van der Waals surface area contributed by atoms with Gasteiger partial charge in [0, 0.05) is 25.7 Å². The lowest BCUT2D eigenvalue weighted by Crippen LogP contribution is -2.18. The Bertz CT molecular complexity index is 408. The summed E-state index contributed by atoms with van der Waals surface area (Å²) in [7, 11) is 5.07. The highest BCUT2D eigenvalue weighted by atomic mass is 16.5. The SMILES string of the molecule is COc1ccc(C)cc1C=CC(=O)N(C)C. The van der Waals surface area contributed by atoms with Crippen LogP contribution in [0.15, 0.2) is 24.3 Å². The maximum absolute atomic E-state index is 11.4. The van der Waals surface area contributed by atoms with Crippen molar-refractivity contribution in [3.05, 3.63) is 35.4 Å². The lowest BCUT2D eigenvalue weighted by atomic mass is 10.1. The molecule has 0 saturated carbocycles. The summed E-state index contributed by atoms with van der Waals surface area (Å²) in [5, 5.41) is 0. The fourth-order valence-corrected chi connectivity index (χ4v) is 1.29. The Kier molecular flexibility index (Phi) is 4.11. The standard InChI is InChI=1S/C13H17NO2/c1-10-5-7-12(16-4)11(9-10)6-8-13(15)14(2)3/h5-9H,1-4H3. The Labute approximate surface area is 96.3 Å². The van der Waals surface area contributed by atoms with Gasteiger partial charge in [0.15, 0.2) is 0 Å². The van der Waals surface area contributed by atoms with E-state index >= 15 is 0 Å². The molecule has 16 heavy (non-hydrogen) atoms. The van der Waals surface area contributed by atoms with Crippen molar-refractivity contribution in [2.24, 2.45) is 0 Å². The summed E-state index contributed by atoms with van der Waals surface area (Å²) in [6, 6.07) is 5.86. The molecule has 86 valence electrons. The van der Waals surface area contributed by atoms with Crippen molar-refractivity contribution in [3.63, 3.8) is 0 Å². The second kappa shape index (κ2) is 5.35. The number of hydrogen-bond donors (Lipinski definition) is 0. The monoisotopic (exact) mass is 219 g/mol. The zero-order valence-corrected chi connectivity index (χ0v) is 10.2. The number of amides is 1. The van der Waals surface area contributed by atoms with E-state index in [2.05, 4.69) is 0 Å². The van der Waals surface area contributed by atoms with Gasteiger partial charge in [-0.2, -0.15) is 0 Å². The summed E-state index contributed by atoms with van der Waals surface area (Å²) in [5.74, 6) is 0.733. The molecule has 0 aliphatic carbocycles. The molecule has 0 aliphatic rings. The van der Waals surface area contributed by atoms with E-state index in [9.17, 15) is 4.79 Å². The molecule has 0 radical (unpaired) electrons. The number of methoxy groups -OCH3 is 1. The first-order valence-corrected chi connectivity index (χ1v) is 5.08. The molecule has 0 saturated heterocycles. The van der Waals surface area contributed by atoms with Crippen LogP contribution in [-0.4, -0.2) is 32.0 Å². The molecule has 1 aromatic carbocycles. The third kappa shape index (κ3) is 3.12. The lowest BCUT2D eigenvalue weighted by molar-refractivity contribution is -0.123. The van der Waals surface area contributed by atoms with Crippen molar-refractivity contribution in [3.8, 4) is 5.75 Å². The summed E-state index contributed by atoms with van der Waals surface area (Å²) in [6.45, 7) is 2.00. The molecule has 0 aliphatic heterocycles. The predicted molar refractivity (Wildman–Crippen MR) is 65.5 cm³/mol. The van der Waals surface area contributed by atoms with Gasteiger partial charge < -0.3 is 9.64 Å². The summed E-state index contributed by atoms with van der Waals surface area (Å²) in [6.07, 6.45) is 3.31. The van der Waals surface area contributed by atoms with E-state index < -0.39 is 0 Å². The molecule has 0 aromatic heterocycles. The summed E-state index contributed by atoms with van der Waals surface area (Å²) >= 11 is 0. The summed E-state index contributed by atoms with van der Waals surface area (Å²) < 4.78 is 5.22. The van der Waals surface area contributed by atoms with Gasteiger partial charge in [-0.05, 0) is 25.1 Å². The van der Waals surface area contributed by atoms with Gasteiger partial charge in [-0.25, -0.2) is 0 Å². The molecule has 1 rings (SSSR count). The molecule has 0 atom stereocenters. The smallest absolute Gasteiger partial charge is 0.246 e. The van der Waals surface area contributed by atoms with Crippen LogP contribution in [0.25, 0.3) is 6.08 Å². The molecule has 1 aromatic rings. The first-order valence-electron chi connectivity index (χ1n) is 5.08. The molecule has 0 fully saturated rings. The normalized spacial score (nSPS) is 10.5. The number of carbonyl (C=O) groups is 1. The van der Waals surface area contributed by atoms with Crippen molar-refractivity contribution in [1.29, 1.82) is 0 Å². The second-order valence-corrected chi connectivity index (χ2v) is 3.81. The van der Waals surface area contributed by atoms with E-state index in [1.807, 2.05) is 25.1 Å². The van der Waals surface area contributed by atoms with Crippen molar-refractivity contribution in [2.45, 2.75) is 6.92 Å². The van der Waals surface area contributed by atoms with Gasteiger partial charge >= 0.3 is 0 Å². The van der Waals surface area contributed by atoms with Gasteiger partial charge in [0.2, 0.25) is 5.91 Å². The number of carbonyl (C=O) groups excluding carboxylic acids is 1. The number of rotatable bonds is 3. The summed E-state index contributed by atoms with van der Waals surface area (Å²) in [5.41, 5.74) is 2.05. The number of likely N-dealkylation sites (N-methyl/N-ethyl adjacent to an activating group) is 1. The number of benzene rings is 1.